The van der Waals surface area contributed by atoms with E-state index >= 15 is 0 Å². The minimum Gasteiger partial charge on any atom is -0.368 e. The Morgan fingerprint density at radius 2 is 1.34 bits per heavy atom. The summed E-state index contributed by atoms with van der Waals surface area (Å²) in [5.41, 5.74) is 1.55. The lowest BCUT2D eigenvalue weighted by atomic mass is 10.1. The Morgan fingerprint density at radius 3 is 2.09 bits per heavy atom. The summed E-state index contributed by atoms with van der Waals surface area (Å²) in [7, 11) is -3.77. The van der Waals surface area contributed by atoms with Gasteiger partial charge in [0.15, 0.2) is 0 Å². The van der Waals surface area contributed by atoms with Crippen LogP contribution in [0, 0.1) is 0 Å². The summed E-state index contributed by atoms with van der Waals surface area (Å²) in [6.45, 7) is 3.36. The van der Waals surface area contributed by atoms with E-state index in [9.17, 15) is 8.42 Å². The molecule has 8 heteroatoms. The van der Waals surface area contributed by atoms with Crippen LogP contribution in [0.25, 0.3) is 10.8 Å². The Hall–Kier alpha value is -3.65. The van der Waals surface area contributed by atoms with Crippen LogP contribution in [0.4, 0.5) is 17.3 Å². The second-order valence-corrected chi connectivity index (χ2v) is 9.31. The van der Waals surface area contributed by atoms with Gasteiger partial charge in [0.05, 0.1) is 23.0 Å². The molecular weight excluding hydrogens is 422 g/mol. The summed E-state index contributed by atoms with van der Waals surface area (Å²) in [4.78, 5) is 13.5. The molecule has 0 bridgehead atoms. The first kappa shape index (κ1) is 20.3. The molecule has 0 atom stereocenters. The molecule has 0 amide bonds. The summed E-state index contributed by atoms with van der Waals surface area (Å²) in [6, 6.07) is 23.0. The van der Waals surface area contributed by atoms with Crippen LogP contribution >= 0.6 is 0 Å². The number of anilines is 3. The molecule has 1 aliphatic heterocycles. The third kappa shape index (κ3) is 4.09. The lowest BCUT2D eigenvalue weighted by molar-refractivity contribution is 0.602. The number of sulfonamides is 1. The molecule has 1 aliphatic rings. The number of para-hydroxylation sites is 1. The van der Waals surface area contributed by atoms with Crippen molar-refractivity contribution in [3.05, 3.63) is 85.2 Å². The average molecular weight is 446 g/mol. The number of piperazine rings is 1. The number of hydrogen-bond acceptors (Lipinski definition) is 6. The number of nitrogens with zero attached hydrogens (tertiary/aromatic N) is 4. The lowest BCUT2D eigenvalue weighted by Gasteiger charge is -2.36. The van der Waals surface area contributed by atoms with E-state index in [2.05, 4.69) is 36.6 Å². The fourth-order valence-electron chi connectivity index (χ4n) is 3.98. The van der Waals surface area contributed by atoms with Gasteiger partial charge in [0.2, 0.25) is 5.95 Å². The van der Waals surface area contributed by atoms with Crippen LogP contribution in [0.2, 0.25) is 0 Å². The Balaban J connectivity index is 1.28. The van der Waals surface area contributed by atoms with E-state index in [-0.39, 0.29) is 4.90 Å². The molecule has 0 spiro atoms. The van der Waals surface area contributed by atoms with Gasteiger partial charge in [0.25, 0.3) is 10.0 Å². The highest BCUT2D eigenvalue weighted by Gasteiger charge is 2.20. The van der Waals surface area contributed by atoms with Crippen molar-refractivity contribution in [3.63, 3.8) is 0 Å². The van der Waals surface area contributed by atoms with Crippen LogP contribution in [-0.2, 0) is 10.0 Å². The van der Waals surface area contributed by atoms with Crippen molar-refractivity contribution in [1.29, 1.82) is 0 Å². The summed E-state index contributed by atoms with van der Waals surface area (Å²) in [5.74, 6) is 0.603. The fraction of sp³-hybridized carbons (Fsp3) is 0.167. The largest absolute Gasteiger partial charge is 0.368 e. The van der Waals surface area contributed by atoms with Gasteiger partial charge in [-0.3, -0.25) is 4.72 Å². The summed E-state index contributed by atoms with van der Waals surface area (Å²) < 4.78 is 28.6. The number of fused-ring (bicyclic) bond motifs is 1. The molecule has 1 N–H and O–H groups in total. The zero-order chi connectivity index (χ0) is 22.0. The van der Waals surface area contributed by atoms with Crippen molar-refractivity contribution in [1.82, 2.24) is 9.97 Å². The number of aromatic nitrogens is 2. The molecule has 1 aromatic heterocycles. The maximum absolute atomic E-state index is 13.0. The first-order chi connectivity index (χ1) is 15.6. The third-order valence-corrected chi connectivity index (χ3v) is 7.05. The topological polar surface area (TPSA) is 78.4 Å². The van der Waals surface area contributed by atoms with E-state index < -0.39 is 10.0 Å². The van der Waals surface area contributed by atoms with E-state index in [0.717, 1.165) is 31.6 Å². The van der Waals surface area contributed by atoms with Crippen LogP contribution in [0.3, 0.4) is 0 Å². The number of rotatable bonds is 5. The van der Waals surface area contributed by atoms with Crippen LogP contribution < -0.4 is 14.5 Å². The molecule has 0 aliphatic carbocycles. The summed E-state index contributed by atoms with van der Waals surface area (Å²) in [6.07, 6.45) is 3.04. The van der Waals surface area contributed by atoms with Crippen molar-refractivity contribution >= 4 is 38.1 Å². The smallest absolute Gasteiger partial charge is 0.262 e. The van der Waals surface area contributed by atoms with E-state index in [1.165, 1.54) is 18.1 Å². The van der Waals surface area contributed by atoms with Crippen molar-refractivity contribution in [2.24, 2.45) is 0 Å². The van der Waals surface area contributed by atoms with Crippen LogP contribution in [0.5, 0.6) is 0 Å². The van der Waals surface area contributed by atoms with Crippen LogP contribution in [0.15, 0.2) is 90.1 Å². The van der Waals surface area contributed by atoms with Gasteiger partial charge in [-0.25, -0.2) is 18.4 Å². The van der Waals surface area contributed by atoms with Crippen molar-refractivity contribution < 1.29 is 8.42 Å². The molecule has 7 nitrogen and oxygen atoms in total. The lowest BCUT2D eigenvalue weighted by Crippen LogP contribution is -2.47. The molecule has 1 fully saturated rings. The van der Waals surface area contributed by atoms with E-state index in [1.807, 2.05) is 42.5 Å². The minimum absolute atomic E-state index is 0.233. The highest BCUT2D eigenvalue weighted by atomic mass is 32.2. The van der Waals surface area contributed by atoms with Gasteiger partial charge < -0.3 is 9.80 Å². The fourth-order valence-corrected chi connectivity index (χ4v) is 5.24. The molecule has 32 heavy (non-hydrogen) atoms. The van der Waals surface area contributed by atoms with Crippen LogP contribution in [0.1, 0.15) is 0 Å². The van der Waals surface area contributed by atoms with Gasteiger partial charge in [-0.2, -0.15) is 0 Å². The van der Waals surface area contributed by atoms with Gasteiger partial charge >= 0.3 is 0 Å². The second kappa shape index (κ2) is 8.47. The van der Waals surface area contributed by atoms with Crippen LogP contribution in [-0.4, -0.2) is 44.6 Å². The second-order valence-electron chi connectivity index (χ2n) is 7.66. The first-order valence-corrected chi connectivity index (χ1v) is 12.0. The first-order valence-electron chi connectivity index (χ1n) is 10.5. The van der Waals surface area contributed by atoms with E-state index in [1.54, 1.807) is 18.2 Å². The van der Waals surface area contributed by atoms with Gasteiger partial charge in [-0.05, 0) is 23.6 Å². The Labute approximate surface area is 187 Å². The monoisotopic (exact) mass is 445 g/mol. The highest BCUT2D eigenvalue weighted by Crippen LogP contribution is 2.25. The quantitative estimate of drug-likeness (QED) is 0.504. The molecule has 5 rings (SSSR count). The molecule has 0 unspecified atom stereocenters. The van der Waals surface area contributed by atoms with Gasteiger partial charge in [-0.15, -0.1) is 0 Å². The van der Waals surface area contributed by atoms with E-state index in [0.29, 0.717) is 17.0 Å². The number of nitrogens with one attached hydrogen (secondary N) is 1. The molecule has 2 heterocycles. The average Bonchev–Trinajstić information content (AvgIpc) is 2.84. The normalized spacial score (nSPS) is 14.5. The predicted octanol–water partition coefficient (Wildman–Crippen LogP) is 3.76. The summed E-state index contributed by atoms with van der Waals surface area (Å²) in [5, 5.41) is 1.55. The van der Waals surface area contributed by atoms with E-state index in [4.69, 9.17) is 0 Å². The van der Waals surface area contributed by atoms with Gasteiger partial charge in [-0.1, -0.05) is 54.6 Å². The molecular formula is C24H23N5O2S. The Bertz CT molecular complexity index is 1310. The standard InChI is InChI=1S/C24H23N5O2S/c30-32(31,23-12-6-8-19-7-4-5-11-22(19)23)27-20-17-25-24(26-18-20)29-15-13-28(14-16-29)21-9-2-1-3-10-21/h1-12,17-18,27H,13-16H2. The molecule has 4 aromatic rings. The SMILES string of the molecule is O=S(=O)(Nc1cnc(N2CCN(c3ccccc3)CC2)nc1)c1cccc2ccccc12. The Morgan fingerprint density at radius 1 is 0.719 bits per heavy atom. The molecule has 1 saturated heterocycles. The zero-order valence-corrected chi connectivity index (χ0v) is 18.2. The maximum Gasteiger partial charge on any atom is 0.262 e. The molecule has 0 saturated carbocycles. The van der Waals surface area contributed by atoms with Crippen molar-refractivity contribution in [2.45, 2.75) is 4.90 Å². The zero-order valence-electron chi connectivity index (χ0n) is 17.4. The van der Waals surface area contributed by atoms with Gasteiger partial charge in [0.1, 0.15) is 0 Å². The molecule has 3 aromatic carbocycles. The number of hydrogen-bond donors (Lipinski definition) is 1. The van der Waals surface area contributed by atoms with Gasteiger partial charge in [0, 0.05) is 37.3 Å². The van der Waals surface area contributed by atoms with Crippen molar-refractivity contribution in [2.75, 3.05) is 40.7 Å². The number of benzene rings is 3. The predicted molar refractivity (Wildman–Crippen MR) is 128 cm³/mol. The molecule has 162 valence electrons. The third-order valence-electron chi connectivity index (χ3n) is 5.61. The summed E-state index contributed by atoms with van der Waals surface area (Å²) >= 11 is 0. The minimum atomic E-state index is -3.77. The highest BCUT2D eigenvalue weighted by molar-refractivity contribution is 7.93. The Kier molecular flexibility index (Phi) is 5.36. The van der Waals surface area contributed by atoms with Crippen molar-refractivity contribution in [3.8, 4) is 0 Å². The maximum atomic E-state index is 13.0. The molecule has 0 radical (unpaired) electrons.